The molecule has 0 radical (unpaired) electrons. The highest BCUT2D eigenvalue weighted by Gasteiger charge is 2.35. The molecule has 3 rings (SSSR count). The standard InChI is InChI=1S/C25H27ClF3N3O/c1-16(2)14-19-6-5-13-32(19)24(33)18-11-9-17(10-12-18)22(15-23(30)25(27,28)29)31-21-8-4-3-7-20(21)26/h3-4,7-12,16,19,30H,5-6,13-15H2,1-2H3. The van der Waals surface area contributed by atoms with Gasteiger partial charge >= 0.3 is 6.18 Å². The Labute approximate surface area is 197 Å². The molecule has 0 bridgehead atoms. The number of aliphatic imine (C=N–C) groups is 1. The second-order valence-corrected chi connectivity index (χ2v) is 9.07. The van der Waals surface area contributed by atoms with Crippen molar-refractivity contribution in [2.24, 2.45) is 10.9 Å². The lowest BCUT2D eigenvalue weighted by Crippen LogP contribution is -2.36. The van der Waals surface area contributed by atoms with Crippen molar-refractivity contribution in [3.63, 3.8) is 0 Å². The maximum atomic E-state index is 13.1. The van der Waals surface area contributed by atoms with Crippen molar-refractivity contribution in [1.82, 2.24) is 4.90 Å². The maximum Gasteiger partial charge on any atom is 0.429 e. The van der Waals surface area contributed by atoms with Crippen LogP contribution in [0.4, 0.5) is 18.9 Å². The van der Waals surface area contributed by atoms with Crippen LogP contribution in [0.1, 0.15) is 55.5 Å². The fraction of sp³-hybridized carbons (Fsp3) is 0.400. The minimum absolute atomic E-state index is 0.0586. The highest BCUT2D eigenvalue weighted by Crippen LogP contribution is 2.28. The lowest BCUT2D eigenvalue weighted by atomic mass is 10.00. The smallest absolute Gasteiger partial charge is 0.336 e. The molecule has 0 saturated carbocycles. The van der Waals surface area contributed by atoms with E-state index in [4.69, 9.17) is 17.0 Å². The topological polar surface area (TPSA) is 56.5 Å². The van der Waals surface area contributed by atoms with Gasteiger partial charge in [0.25, 0.3) is 5.91 Å². The van der Waals surface area contributed by atoms with Gasteiger partial charge in [-0.1, -0.05) is 49.7 Å². The molecule has 1 N–H and O–H groups in total. The van der Waals surface area contributed by atoms with Crippen molar-refractivity contribution in [2.45, 2.75) is 51.7 Å². The summed E-state index contributed by atoms with van der Waals surface area (Å²) in [6.07, 6.45) is -2.56. The highest BCUT2D eigenvalue weighted by molar-refractivity contribution is 6.33. The summed E-state index contributed by atoms with van der Waals surface area (Å²) in [6.45, 7) is 4.97. The number of halogens is 4. The Morgan fingerprint density at radius 1 is 1.15 bits per heavy atom. The number of nitrogens with one attached hydrogen (secondary N) is 1. The van der Waals surface area contributed by atoms with Crippen molar-refractivity contribution in [1.29, 1.82) is 5.41 Å². The van der Waals surface area contributed by atoms with E-state index in [0.29, 0.717) is 34.3 Å². The average molecular weight is 478 g/mol. The Kier molecular flexibility index (Phi) is 7.95. The second-order valence-electron chi connectivity index (χ2n) is 8.66. The van der Waals surface area contributed by atoms with Gasteiger partial charge in [-0.05, 0) is 55.0 Å². The molecule has 1 atom stereocenters. The molecule has 33 heavy (non-hydrogen) atoms. The predicted octanol–water partition coefficient (Wildman–Crippen LogP) is 7.08. The Morgan fingerprint density at radius 3 is 2.39 bits per heavy atom. The molecule has 2 aromatic carbocycles. The van der Waals surface area contributed by atoms with Crippen LogP contribution in [0.25, 0.3) is 0 Å². The van der Waals surface area contributed by atoms with Crippen molar-refractivity contribution < 1.29 is 18.0 Å². The average Bonchev–Trinajstić information content (AvgIpc) is 3.21. The number of carbonyl (C=O) groups excluding carboxylic acids is 1. The molecular formula is C25H27ClF3N3O. The van der Waals surface area contributed by atoms with Gasteiger partial charge in [-0.15, -0.1) is 0 Å². The Morgan fingerprint density at radius 2 is 1.79 bits per heavy atom. The molecule has 4 nitrogen and oxygen atoms in total. The number of para-hydroxylation sites is 1. The van der Waals surface area contributed by atoms with Gasteiger partial charge in [-0.3, -0.25) is 9.79 Å². The van der Waals surface area contributed by atoms with E-state index in [1.54, 1.807) is 48.5 Å². The normalized spacial score (nSPS) is 17.0. The summed E-state index contributed by atoms with van der Waals surface area (Å²) in [6, 6.07) is 13.2. The summed E-state index contributed by atoms with van der Waals surface area (Å²) in [5, 5.41) is 7.74. The zero-order chi connectivity index (χ0) is 24.2. The van der Waals surface area contributed by atoms with E-state index in [2.05, 4.69) is 18.8 Å². The van der Waals surface area contributed by atoms with E-state index >= 15 is 0 Å². The van der Waals surface area contributed by atoms with Gasteiger partial charge in [-0.25, -0.2) is 0 Å². The highest BCUT2D eigenvalue weighted by atomic mass is 35.5. The molecule has 0 aromatic heterocycles. The molecule has 1 aliphatic heterocycles. The van der Waals surface area contributed by atoms with Crippen molar-refractivity contribution in [3.8, 4) is 0 Å². The molecule has 1 amide bonds. The molecule has 0 aliphatic carbocycles. The quantitative estimate of drug-likeness (QED) is 0.425. The van der Waals surface area contributed by atoms with E-state index in [9.17, 15) is 18.0 Å². The summed E-state index contributed by atoms with van der Waals surface area (Å²) in [5.74, 6) is 0.413. The lowest BCUT2D eigenvalue weighted by Gasteiger charge is -2.26. The Balaban J connectivity index is 1.88. The van der Waals surface area contributed by atoms with Crippen molar-refractivity contribution in [2.75, 3.05) is 6.54 Å². The molecule has 0 spiro atoms. The monoisotopic (exact) mass is 477 g/mol. The van der Waals surface area contributed by atoms with E-state index in [-0.39, 0.29) is 17.7 Å². The fourth-order valence-electron chi connectivity index (χ4n) is 4.02. The van der Waals surface area contributed by atoms with Crippen LogP contribution in [-0.2, 0) is 0 Å². The van der Waals surface area contributed by atoms with Crippen LogP contribution in [0.5, 0.6) is 0 Å². The third kappa shape index (κ3) is 6.44. The molecule has 2 aromatic rings. The number of likely N-dealkylation sites (tertiary alicyclic amines) is 1. The number of nitrogens with zero attached hydrogens (tertiary/aromatic N) is 2. The van der Waals surface area contributed by atoms with Crippen LogP contribution >= 0.6 is 11.6 Å². The molecule has 8 heteroatoms. The van der Waals surface area contributed by atoms with Gasteiger partial charge < -0.3 is 10.3 Å². The zero-order valence-corrected chi connectivity index (χ0v) is 19.4. The summed E-state index contributed by atoms with van der Waals surface area (Å²) in [7, 11) is 0. The first-order chi connectivity index (χ1) is 15.6. The molecular weight excluding hydrogens is 451 g/mol. The third-order valence-corrected chi connectivity index (χ3v) is 5.96. The molecule has 1 heterocycles. The van der Waals surface area contributed by atoms with E-state index < -0.39 is 18.3 Å². The Hall–Kier alpha value is -2.67. The largest absolute Gasteiger partial charge is 0.429 e. The first kappa shape index (κ1) is 25.0. The van der Waals surface area contributed by atoms with Crippen LogP contribution in [0.15, 0.2) is 53.5 Å². The van der Waals surface area contributed by atoms with Gasteiger partial charge in [0, 0.05) is 24.6 Å². The van der Waals surface area contributed by atoms with E-state index in [1.165, 1.54) is 0 Å². The number of benzene rings is 2. The summed E-state index contributed by atoms with van der Waals surface area (Å²) < 4.78 is 39.2. The SMILES string of the molecule is CC(C)CC1CCCN1C(=O)c1ccc(C(CC(=N)C(F)(F)F)=Nc2ccccc2Cl)cc1. The number of hydrogen-bond acceptors (Lipinski definition) is 3. The van der Waals surface area contributed by atoms with Gasteiger partial charge in [0.15, 0.2) is 0 Å². The van der Waals surface area contributed by atoms with Gasteiger partial charge in [0.2, 0.25) is 0 Å². The second kappa shape index (κ2) is 10.5. The first-order valence-electron chi connectivity index (χ1n) is 10.9. The molecule has 1 saturated heterocycles. The molecule has 1 aliphatic rings. The van der Waals surface area contributed by atoms with E-state index in [0.717, 1.165) is 19.3 Å². The minimum Gasteiger partial charge on any atom is -0.336 e. The van der Waals surface area contributed by atoms with Gasteiger partial charge in [0.05, 0.1) is 16.4 Å². The van der Waals surface area contributed by atoms with Crippen LogP contribution in [-0.4, -0.2) is 41.0 Å². The van der Waals surface area contributed by atoms with Crippen LogP contribution in [0, 0.1) is 11.3 Å². The Bertz CT molecular complexity index is 1030. The summed E-state index contributed by atoms with van der Waals surface area (Å²) >= 11 is 6.14. The molecule has 176 valence electrons. The predicted molar refractivity (Wildman–Crippen MR) is 126 cm³/mol. The molecule has 1 unspecified atom stereocenters. The third-order valence-electron chi connectivity index (χ3n) is 5.64. The number of hydrogen-bond donors (Lipinski definition) is 1. The summed E-state index contributed by atoms with van der Waals surface area (Å²) in [4.78, 5) is 19.3. The van der Waals surface area contributed by atoms with Crippen molar-refractivity contribution >= 4 is 34.6 Å². The van der Waals surface area contributed by atoms with Crippen molar-refractivity contribution in [3.05, 3.63) is 64.7 Å². The lowest BCUT2D eigenvalue weighted by molar-refractivity contribution is -0.0605. The van der Waals surface area contributed by atoms with Crippen LogP contribution < -0.4 is 0 Å². The molecule has 1 fully saturated rings. The summed E-state index contributed by atoms with van der Waals surface area (Å²) in [5.41, 5.74) is -0.138. The number of alkyl halides is 3. The minimum atomic E-state index is -4.75. The van der Waals surface area contributed by atoms with Gasteiger partial charge in [0.1, 0.15) is 5.71 Å². The number of carbonyl (C=O) groups is 1. The first-order valence-corrected chi connectivity index (χ1v) is 11.3. The van der Waals surface area contributed by atoms with Gasteiger partial charge in [-0.2, -0.15) is 13.2 Å². The fourth-order valence-corrected chi connectivity index (χ4v) is 4.20. The maximum absolute atomic E-state index is 13.1. The number of rotatable bonds is 7. The van der Waals surface area contributed by atoms with E-state index in [1.807, 2.05) is 4.90 Å². The van der Waals surface area contributed by atoms with Crippen LogP contribution in [0.2, 0.25) is 5.02 Å². The zero-order valence-electron chi connectivity index (χ0n) is 18.6. The number of amides is 1. The van der Waals surface area contributed by atoms with Crippen LogP contribution in [0.3, 0.4) is 0 Å².